The average molecular weight is 256 g/mol. The third kappa shape index (κ3) is 2.25. The average Bonchev–Trinajstić information content (AvgIpc) is 2.70. The van der Waals surface area contributed by atoms with Crippen LogP contribution in [0, 0.1) is 0 Å². The number of halogens is 1. The van der Waals surface area contributed by atoms with E-state index >= 15 is 0 Å². The molecule has 1 aromatic carbocycles. The van der Waals surface area contributed by atoms with Crippen LogP contribution >= 0.6 is 22.9 Å². The molecular formula is C10H10ClN3OS. The molecule has 1 amide bonds. The predicted molar refractivity (Wildman–Crippen MR) is 67.2 cm³/mol. The number of likely N-dealkylation sites (N-methyl/N-ethyl adjacent to an activating group) is 1. The molecule has 16 heavy (non-hydrogen) atoms. The fourth-order valence-corrected chi connectivity index (χ4v) is 2.39. The lowest BCUT2D eigenvalue weighted by molar-refractivity contribution is -0.118. The number of amides is 1. The van der Waals surface area contributed by atoms with E-state index in [-0.39, 0.29) is 12.5 Å². The maximum Gasteiger partial charge on any atom is 0.239 e. The van der Waals surface area contributed by atoms with Crippen LogP contribution < -0.4 is 10.6 Å². The molecule has 1 aromatic heterocycles. The zero-order chi connectivity index (χ0) is 11.5. The summed E-state index contributed by atoms with van der Waals surface area (Å²) in [5.41, 5.74) is 0.844. The lowest BCUT2D eigenvalue weighted by atomic mass is 10.3. The molecule has 0 unspecified atom stereocenters. The molecule has 0 aliphatic heterocycles. The van der Waals surface area contributed by atoms with Crippen LogP contribution in [-0.2, 0) is 4.79 Å². The first kappa shape index (κ1) is 11.2. The molecule has 84 valence electrons. The van der Waals surface area contributed by atoms with Crippen molar-refractivity contribution >= 4 is 44.2 Å². The van der Waals surface area contributed by atoms with Crippen molar-refractivity contribution in [3.05, 3.63) is 23.2 Å². The van der Waals surface area contributed by atoms with E-state index in [4.69, 9.17) is 11.6 Å². The maximum atomic E-state index is 11.0. The molecule has 0 aliphatic rings. The Kier molecular flexibility index (Phi) is 3.26. The van der Waals surface area contributed by atoms with E-state index in [0.29, 0.717) is 10.2 Å². The summed E-state index contributed by atoms with van der Waals surface area (Å²) < 4.78 is 0.934. The van der Waals surface area contributed by atoms with Gasteiger partial charge in [-0.1, -0.05) is 29.0 Å². The molecule has 1 heterocycles. The van der Waals surface area contributed by atoms with Gasteiger partial charge in [-0.3, -0.25) is 4.79 Å². The molecule has 2 aromatic rings. The summed E-state index contributed by atoms with van der Waals surface area (Å²) in [5.74, 6) is -0.0784. The fourth-order valence-electron chi connectivity index (χ4n) is 1.24. The first-order chi connectivity index (χ1) is 7.70. The van der Waals surface area contributed by atoms with Gasteiger partial charge in [0.2, 0.25) is 5.91 Å². The van der Waals surface area contributed by atoms with Crippen LogP contribution in [0.15, 0.2) is 18.2 Å². The van der Waals surface area contributed by atoms with Crippen LogP contribution in [0.1, 0.15) is 0 Å². The van der Waals surface area contributed by atoms with Crippen molar-refractivity contribution in [3.8, 4) is 0 Å². The number of nitrogens with one attached hydrogen (secondary N) is 2. The molecule has 4 nitrogen and oxygen atoms in total. The summed E-state index contributed by atoms with van der Waals surface area (Å²) in [5, 5.41) is 6.86. The van der Waals surface area contributed by atoms with Crippen LogP contribution in [0.5, 0.6) is 0 Å². The number of aromatic nitrogens is 1. The summed E-state index contributed by atoms with van der Waals surface area (Å²) in [4.78, 5) is 15.4. The molecule has 0 fully saturated rings. The lowest BCUT2D eigenvalue weighted by Crippen LogP contribution is -2.26. The number of anilines is 1. The van der Waals surface area contributed by atoms with E-state index in [1.165, 1.54) is 11.3 Å². The summed E-state index contributed by atoms with van der Waals surface area (Å²) in [6, 6.07) is 5.57. The maximum absolute atomic E-state index is 11.0. The van der Waals surface area contributed by atoms with Gasteiger partial charge in [-0.05, 0) is 12.1 Å². The summed E-state index contributed by atoms with van der Waals surface area (Å²) >= 11 is 7.47. The van der Waals surface area contributed by atoms with Gasteiger partial charge < -0.3 is 10.6 Å². The van der Waals surface area contributed by atoms with Gasteiger partial charge in [0.25, 0.3) is 0 Å². The second kappa shape index (κ2) is 4.67. The minimum absolute atomic E-state index is 0.0784. The van der Waals surface area contributed by atoms with Gasteiger partial charge in [0, 0.05) is 7.05 Å². The SMILES string of the molecule is CNC(=O)CNc1nc2cccc(Cl)c2s1. The molecule has 0 aliphatic carbocycles. The van der Waals surface area contributed by atoms with Crippen molar-refractivity contribution in [2.45, 2.75) is 0 Å². The molecule has 6 heteroatoms. The third-order valence-electron chi connectivity index (χ3n) is 2.05. The largest absolute Gasteiger partial charge is 0.358 e. The molecule has 0 saturated heterocycles. The Morgan fingerprint density at radius 2 is 2.38 bits per heavy atom. The highest BCUT2D eigenvalue weighted by Crippen LogP contribution is 2.31. The van der Waals surface area contributed by atoms with E-state index in [0.717, 1.165) is 10.2 Å². The highest BCUT2D eigenvalue weighted by atomic mass is 35.5. The van der Waals surface area contributed by atoms with Crippen LogP contribution in [0.25, 0.3) is 10.2 Å². The van der Waals surface area contributed by atoms with Crippen LogP contribution in [-0.4, -0.2) is 24.5 Å². The smallest absolute Gasteiger partial charge is 0.239 e. The van der Waals surface area contributed by atoms with Gasteiger partial charge in [-0.25, -0.2) is 4.98 Å². The fraction of sp³-hybridized carbons (Fsp3) is 0.200. The Morgan fingerprint density at radius 3 is 3.06 bits per heavy atom. The molecule has 0 radical (unpaired) electrons. The number of benzene rings is 1. The molecule has 0 atom stereocenters. The van der Waals surface area contributed by atoms with Crippen LogP contribution in [0.3, 0.4) is 0 Å². The number of rotatable bonds is 3. The molecule has 2 rings (SSSR count). The molecule has 0 bridgehead atoms. The van der Waals surface area contributed by atoms with E-state index < -0.39 is 0 Å². The first-order valence-electron chi connectivity index (χ1n) is 4.70. The number of fused-ring (bicyclic) bond motifs is 1. The van der Waals surface area contributed by atoms with Crippen molar-refractivity contribution in [1.29, 1.82) is 0 Å². The van der Waals surface area contributed by atoms with Gasteiger partial charge in [0.05, 0.1) is 21.8 Å². The quantitative estimate of drug-likeness (QED) is 0.883. The highest BCUT2D eigenvalue weighted by Gasteiger charge is 2.07. The Bertz CT molecular complexity index is 526. The summed E-state index contributed by atoms with van der Waals surface area (Å²) in [6.07, 6.45) is 0. The van der Waals surface area contributed by atoms with Crippen molar-refractivity contribution in [3.63, 3.8) is 0 Å². The van der Waals surface area contributed by atoms with Crippen molar-refractivity contribution in [1.82, 2.24) is 10.3 Å². The number of carbonyl (C=O) groups is 1. The Morgan fingerprint density at radius 1 is 1.56 bits per heavy atom. The second-order valence-electron chi connectivity index (χ2n) is 3.13. The molecule has 0 saturated carbocycles. The number of thiazole rings is 1. The van der Waals surface area contributed by atoms with Crippen LogP contribution in [0.2, 0.25) is 5.02 Å². The van der Waals surface area contributed by atoms with Crippen molar-refractivity contribution in [2.75, 3.05) is 18.9 Å². The standard InChI is InChI=1S/C10H10ClN3OS/c1-12-8(15)5-13-10-14-7-4-2-3-6(11)9(7)16-10/h2-4H,5H2,1H3,(H,12,15)(H,13,14). The Balaban J connectivity index is 2.20. The highest BCUT2D eigenvalue weighted by molar-refractivity contribution is 7.22. The number of carbonyl (C=O) groups excluding carboxylic acids is 1. The zero-order valence-corrected chi connectivity index (χ0v) is 10.2. The number of nitrogens with zero attached hydrogens (tertiary/aromatic N) is 1. The Labute approximate surface area is 102 Å². The van der Waals surface area contributed by atoms with Crippen molar-refractivity contribution < 1.29 is 4.79 Å². The predicted octanol–water partition coefficient (Wildman–Crippen LogP) is 2.11. The van der Waals surface area contributed by atoms with E-state index in [2.05, 4.69) is 15.6 Å². The minimum Gasteiger partial charge on any atom is -0.358 e. The second-order valence-corrected chi connectivity index (χ2v) is 4.54. The van der Waals surface area contributed by atoms with Gasteiger partial charge in [0.15, 0.2) is 5.13 Å². The summed E-state index contributed by atoms with van der Waals surface area (Å²) in [6.45, 7) is 0.216. The summed E-state index contributed by atoms with van der Waals surface area (Å²) in [7, 11) is 1.60. The van der Waals surface area contributed by atoms with Gasteiger partial charge in [-0.15, -0.1) is 0 Å². The van der Waals surface area contributed by atoms with Crippen LogP contribution in [0.4, 0.5) is 5.13 Å². The Hall–Kier alpha value is -1.33. The molecule has 0 spiro atoms. The monoisotopic (exact) mass is 255 g/mol. The topological polar surface area (TPSA) is 54.0 Å². The zero-order valence-electron chi connectivity index (χ0n) is 8.58. The van der Waals surface area contributed by atoms with E-state index in [1.807, 2.05) is 18.2 Å². The first-order valence-corrected chi connectivity index (χ1v) is 5.89. The van der Waals surface area contributed by atoms with Crippen molar-refractivity contribution in [2.24, 2.45) is 0 Å². The van der Waals surface area contributed by atoms with Gasteiger partial charge in [-0.2, -0.15) is 0 Å². The van der Waals surface area contributed by atoms with Gasteiger partial charge >= 0.3 is 0 Å². The third-order valence-corrected chi connectivity index (χ3v) is 3.54. The molecule has 2 N–H and O–H groups in total. The molecular weight excluding hydrogens is 246 g/mol. The van der Waals surface area contributed by atoms with E-state index in [9.17, 15) is 4.79 Å². The minimum atomic E-state index is -0.0784. The lowest BCUT2D eigenvalue weighted by Gasteiger charge is -1.99. The normalized spacial score (nSPS) is 10.4. The number of hydrogen-bond acceptors (Lipinski definition) is 4. The van der Waals surface area contributed by atoms with E-state index in [1.54, 1.807) is 7.05 Å². The number of hydrogen-bond donors (Lipinski definition) is 2. The van der Waals surface area contributed by atoms with Gasteiger partial charge in [0.1, 0.15) is 0 Å².